The molecule has 1 unspecified atom stereocenters. The Balaban J connectivity index is 0.00000102. The fourth-order valence-electron chi connectivity index (χ4n) is 8.39. The molecule has 310 valence electrons. The van der Waals surface area contributed by atoms with E-state index in [-0.39, 0.29) is 18.3 Å². The number of fused-ring (bicyclic) bond motifs is 1. The molecule has 2 atom stereocenters. The highest BCUT2D eigenvalue weighted by atomic mass is 16.7. The quantitative estimate of drug-likeness (QED) is 0.132. The smallest absolute Gasteiger partial charge is 0.489 e. The zero-order chi connectivity index (χ0) is 41.7. The first-order valence-corrected chi connectivity index (χ1v) is 22.3. The molecular weight excluding hydrogens is 713 g/mol. The van der Waals surface area contributed by atoms with E-state index < -0.39 is 0 Å². The molecule has 0 radical (unpaired) electrons. The molecule has 2 aliphatic heterocycles. The molecule has 0 amide bonds. The van der Waals surface area contributed by atoms with Crippen molar-refractivity contribution in [1.29, 1.82) is 0 Å². The average Bonchev–Trinajstić information content (AvgIpc) is 3.85. The van der Waals surface area contributed by atoms with Crippen LogP contribution in [0.4, 0.5) is 5.69 Å². The van der Waals surface area contributed by atoms with Crippen LogP contribution in [0.1, 0.15) is 135 Å². The Labute approximate surface area is 351 Å². The summed E-state index contributed by atoms with van der Waals surface area (Å²) in [5, 5.41) is 4.65. The van der Waals surface area contributed by atoms with Gasteiger partial charge in [-0.1, -0.05) is 120 Å². The molecule has 1 aromatic heterocycles. The third-order valence-electron chi connectivity index (χ3n) is 12.2. The third kappa shape index (κ3) is 10.6. The largest absolute Gasteiger partial charge is 0.498 e. The number of aryl methyl sites for hydroxylation is 2. The third-order valence-corrected chi connectivity index (χ3v) is 12.2. The van der Waals surface area contributed by atoms with E-state index in [1.54, 1.807) is 0 Å². The summed E-state index contributed by atoms with van der Waals surface area (Å²) in [6, 6.07) is 37.8. The Morgan fingerprint density at radius 3 is 1.98 bits per heavy atom. The lowest BCUT2D eigenvalue weighted by molar-refractivity contribution is 0.00578. The first-order valence-electron chi connectivity index (χ1n) is 22.3. The maximum Gasteiger partial charge on any atom is 0.498 e. The highest BCUT2D eigenvalue weighted by Gasteiger charge is 2.52. The first kappa shape index (κ1) is 44.8. The molecule has 2 fully saturated rings. The van der Waals surface area contributed by atoms with E-state index in [2.05, 4.69) is 146 Å². The van der Waals surface area contributed by atoms with Gasteiger partial charge in [0, 0.05) is 49.1 Å². The summed E-state index contributed by atoms with van der Waals surface area (Å²) in [6.07, 6.45) is 9.73. The molecule has 3 aliphatic rings. The molecule has 0 saturated carbocycles. The number of hydrogen-bond donors (Lipinski definition) is 0. The number of aromatic nitrogens is 2. The van der Waals surface area contributed by atoms with Crippen LogP contribution in [-0.2, 0) is 28.9 Å². The van der Waals surface area contributed by atoms with Gasteiger partial charge in [0.15, 0.2) is 0 Å². The zero-order valence-corrected chi connectivity index (χ0v) is 37.2. The van der Waals surface area contributed by atoms with E-state index in [0.717, 1.165) is 50.1 Å². The number of hydrogen-bond acceptors (Lipinski definition) is 5. The van der Waals surface area contributed by atoms with Crippen molar-refractivity contribution >= 4 is 18.3 Å². The molecule has 3 heterocycles. The normalized spacial score (nSPS) is 19.3. The van der Waals surface area contributed by atoms with Crippen LogP contribution in [-0.4, -0.2) is 41.2 Å². The highest BCUT2D eigenvalue weighted by Crippen LogP contribution is 2.47. The van der Waals surface area contributed by atoms with Gasteiger partial charge in [-0.15, -0.1) is 0 Å². The Bertz CT molecular complexity index is 1920. The molecular formula is C51H70BN3O3. The van der Waals surface area contributed by atoms with Crippen LogP contribution < -0.4 is 15.1 Å². The molecule has 0 N–H and O–H groups in total. The second-order valence-electron chi connectivity index (χ2n) is 16.1. The molecule has 0 spiro atoms. The lowest BCUT2D eigenvalue weighted by Gasteiger charge is -2.36. The number of anilines is 1. The number of nitrogens with zero attached hydrogens (tertiary/aromatic N) is 3. The Morgan fingerprint density at radius 2 is 1.34 bits per heavy atom. The molecule has 4 aromatic carbocycles. The van der Waals surface area contributed by atoms with Crippen LogP contribution in [0.15, 0.2) is 116 Å². The van der Waals surface area contributed by atoms with Gasteiger partial charge >= 0.3 is 7.12 Å². The van der Waals surface area contributed by atoms with Crippen molar-refractivity contribution in [3.05, 3.63) is 143 Å². The van der Waals surface area contributed by atoms with E-state index in [1.807, 2.05) is 53.8 Å². The second-order valence-corrected chi connectivity index (χ2v) is 16.1. The average molecular weight is 784 g/mol. The van der Waals surface area contributed by atoms with E-state index in [4.69, 9.17) is 14.0 Å². The number of ether oxygens (including phenoxy) is 1. The fourth-order valence-corrected chi connectivity index (χ4v) is 8.39. The molecule has 58 heavy (non-hydrogen) atoms. The predicted octanol–water partition coefficient (Wildman–Crippen LogP) is 12.0. The van der Waals surface area contributed by atoms with Crippen molar-refractivity contribution in [2.24, 2.45) is 5.92 Å². The predicted molar refractivity (Wildman–Crippen MR) is 245 cm³/mol. The van der Waals surface area contributed by atoms with Gasteiger partial charge in [-0.3, -0.25) is 4.68 Å². The summed E-state index contributed by atoms with van der Waals surface area (Å²) in [7, 11) is -0.358. The highest BCUT2D eigenvalue weighted by molar-refractivity contribution is 6.62. The number of benzene rings is 4. The minimum atomic E-state index is -0.358. The summed E-state index contributed by atoms with van der Waals surface area (Å²) in [5.74, 6) is 2.40. The van der Waals surface area contributed by atoms with Crippen LogP contribution in [0.2, 0.25) is 0 Å². The fraction of sp³-hybridized carbons (Fsp3) is 0.471. The molecule has 2 saturated heterocycles. The molecule has 5 aromatic rings. The van der Waals surface area contributed by atoms with Crippen LogP contribution in [0.25, 0.3) is 0 Å². The van der Waals surface area contributed by atoms with Crippen LogP contribution in [0, 0.1) is 5.92 Å². The molecule has 8 rings (SSSR count). The zero-order valence-electron chi connectivity index (χ0n) is 37.2. The van der Waals surface area contributed by atoms with Crippen molar-refractivity contribution in [2.75, 3.05) is 18.0 Å². The summed E-state index contributed by atoms with van der Waals surface area (Å²) in [4.78, 5) is 2.57. The number of rotatable bonds is 10. The summed E-state index contributed by atoms with van der Waals surface area (Å²) in [6.45, 7) is 24.1. The topological polar surface area (TPSA) is 48.8 Å². The van der Waals surface area contributed by atoms with Crippen molar-refractivity contribution in [3.63, 3.8) is 0 Å². The molecule has 7 heteroatoms. The van der Waals surface area contributed by atoms with Crippen LogP contribution in [0.5, 0.6) is 5.75 Å². The van der Waals surface area contributed by atoms with Crippen molar-refractivity contribution in [1.82, 2.24) is 9.78 Å². The van der Waals surface area contributed by atoms with Gasteiger partial charge in [0.25, 0.3) is 0 Å². The molecule has 0 bridgehead atoms. The van der Waals surface area contributed by atoms with Crippen molar-refractivity contribution in [3.8, 4) is 5.75 Å². The van der Waals surface area contributed by atoms with Gasteiger partial charge in [0.2, 0.25) is 0 Å². The first-order chi connectivity index (χ1) is 28.2. The van der Waals surface area contributed by atoms with Gasteiger partial charge in [-0.2, -0.15) is 5.10 Å². The van der Waals surface area contributed by atoms with Gasteiger partial charge in [-0.25, -0.2) is 0 Å². The summed E-state index contributed by atoms with van der Waals surface area (Å²) >= 11 is 0. The van der Waals surface area contributed by atoms with Gasteiger partial charge in [0.05, 0.1) is 11.2 Å². The molecule has 6 nitrogen and oxygen atoms in total. The second kappa shape index (κ2) is 21.1. The lowest BCUT2D eigenvalue weighted by atomic mass is 9.69. The standard InChI is InChI=1S/C45H52BN3O3.3C2H6/c1-44(2)45(3,4)52-46(51-44)38-30-47-49(31-38)28-25-33-23-26-48(27-24-33)39-18-15-36(16-19-39)43-41(35-13-9-6-10-14-35)21-17-37-29-40(20-22-42(37)43)50-32-34-11-7-5-8-12-34;3*1-2/h5-16,18-20,22,29-31,33,41,43H,17,21,23-28,32H2,1-4H3;3*1-2H3/t41-,43?;;;/m1.../s1. The summed E-state index contributed by atoms with van der Waals surface area (Å²) < 4.78 is 20.8. The van der Waals surface area contributed by atoms with E-state index in [0.29, 0.717) is 24.4 Å². The molecule has 1 aliphatic carbocycles. The van der Waals surface area contributed by atoms with Gasteiger partial charge in [-0.05, 0) is 124 Å². The van der Waals surface area contributed by atoms with Crippen molar-refractivity contribution < 1.29 is 14.0 Å². The lowest BCUT2D eigenvalue weighted by Crippen LogP contribution is -2.41. The van der Waals surface area contributed by atoms with E-state index in [9.17, 15) is 0 Å². The van der Waals surface area contributed by atoms with Gasteiger partial charge in [0.1, 0.15) is 12.4 Å². The van der Waals surface area contributed by atoms with Crippen LogP contribution >= 0.6 is 0 Å². The Hall–Kier alpha value is -4.33. The number of piperidine rings is 1. The Kier molecular flexibility index (Phi) is 16.3. The minimum absolute atomic E-state index is 0.307. The van der Waals surface area contributed by atoms with Gasteiger partial charge < -0.3 is 18.9 Å². The van der Waals surface area contributed by atoms with E-state index in [1.165, 1.54) is 46.3 Å². The minimum Gasteiger partial charge on any atom is -0.489 e. The monoisotopic (exact) mass is 784 g/mol. The SMILES string of the molecule is CC.CC.CC.CC1(C)OB(c2cnn(CCC3CCN(c4ccc(C5c6ccc(OCc7ccccc7)cc6CC[C@@H]5c5ccccc5)cc4)CC3)c2)OC1(C)C. The summed E-state index contributed by atoms with van der Waals surface area (Å²) in [5.41, 5.74) is 8.49. The van der Waals surface area contributed by atoms with Crippen molar-refractivity contribution in [2.45, 2.75) is 138 Å². The Morgan fingerprint density at radius 1 is 0.724 bits per heavy atom. The van der Waals surface area contributed by atoms with E-state index >= 15 is 0 Å². The maximum absolute atomic E-state index is 6.25. The van der Waals surface area contributed by atoms with Crippen LogP contribution in [0.3, 0.4) is 0 Å². The maximum atomic E-state index is 6.25.